The first kappa shape index (κ1) is 9.75. The molecule has 76 valence electrons. The van der Waals surface area contributed by atoms with Gasteiger partial charge in [-0.25, -0.2) is 0 Å². The Labute approximate surface area is 85.6 Å². The van der Waals surface area contributed by atoms with Crippen LogP contribution in [0.3, 0.4) is 0 Å². The lowest BCUT2D eigenvalue weighted by Crippen LogP contribution is -2.74. The van der Waals surface area contributed by atoms with Gasteiger partial charge in [-0.3, -0.25) is 0 Å². The van der Waals surface area contributed by atoms with Crippen LogP contribution in [0.4, 0.5) is 0 Å². The summed E-state index contributed by atoms with van der Waals surface area (Å²) in [6.45, 7) is 1.98. The second-order valence-electron chi connectivity index (χ2n) is 5.14. The Balaban J connectivity index is 0.000000653. The highest BCUT2D eigenvalue weighted by Crippen LogP contribution is 2.70. The van der Waals surface area contributed by atoms with Crippen LogP contribution in [0.1, 0.15) is 32.1 Å². The van der Waals surface area contributed by atoms with Crippen molar-refractivity contribution in [1.29, 1.82) is 0 Å². The number of ether oxygens (including phenoxy) is 1. The second-order valence-corrected chi connectivity index (χ2v) is 5.14. The van der Waals surface area contributed by atoms with E-state index in [0.29, 0.717) is 5.41 Å². The van der Waals surface area contributed by atoms with Gasteiger partial charge in [-0.1, -0.05) is 0 Å². The van der Waals surface area contributed by atoms with Gasteiger partial charge in [-0.15, -0.1) is 12.4 Å². The predicted molar refractivity (Wildman–Crippen MR) is 54.0 cm³/mol. The zero-order valence-electron chi connectivity index (χ0n) is 7.92. The van der Waals surface area contributed by atoms with Crippen LogP contribution < -0.4 is 5.73 Å². The third-order valence-electron chi connectivity index (χ3n) is 4.20. The highest BCUT2D eigenvalue weighted by molar-refractivity contribution is 5.85. The van der Waals surface area contributed by atoms with E-state index in [1.165, 1.54) is 32.1 Å². The molecule has 1 heterocycles. The summed E-state index contributed by atoms with van der Waals surface area (Å²) in [4.78, 5) is 0. The lowest BCUT2D eigenvalue weighted by Gasteiger charge is -2.72. The lowest BCUT2D eigenvalue weighted by atomic mass is 9.35. The Morgan fingerprint density at radius 2 is 1.62 bits per heavy atom. The minimum absolute atomic E-state index is 0. The summed E-state index contributed by atoms with van der Waals surface area (Å²) in [5, 5.41) is 0. The largest absolute Gasteiger partial charge is 0.381 e. The maximum absolute atomic E-state index is 6.05. The fourth-order valence-corrected chi connectivity index (χ4v) is 3.69. The molecule has 2 bridgehead atoms. The normalized spacial score (nSPS) is 48.7. The summed E-state index contributed by atoms with van der Waals surface area (Å²) < 4.78 is 5.37. The van der Waals surface area contributed by atoms with Crippen LogP contribution in [0.2, 0.25) is 0 Å². The zero-order chi connectivity index (χ0) is 8.23. The van der Waals surface area contributed by atoms with Gasteiger partial charge in [0.15, 0.2) is 0 Å². The molecule has 0 radical (unpaired) electrons. The van der Waals surface area contributed by atoms with Gasteiger partial charge in [0.1, 0.15) is 0 Å². The van der Waals surface area contributed by atoms with E-state index >= 15 is 0 Å². The molecule has 3 saturated carbocycles. The first-order valence-corrected chi connectivity index (χ1v) is 5.09. The average Bonchev–Trinajstić information content (AvgIpc) is 1.99. The first-order valence-electron chi connectivity index (χ1n) is 5.09. The van der Waals surface area contributed by atoms with E-state index in [9.17, 15) is 0 Å². The Bertz CT molecular complexity index is 193. The minimum atomic E-state index is 0. The van der Waals surface area contributed by atoms with E-state index in [-0.39, 0.29) is 17.9 Å². The second kappa shape index (κ2) is 2.85. The molecular weight excluding hydrogens is 186 g/mol. The number of rotatable bonds is 1. The van der Waals surface area contributed by atoms with Crippen LogP contribution in [0.15, 0.2) is 0 Å². The minimum Gasteiger partial charge on any atom is -0.381 e. The topological polar surface area (TPSA) is 35.2 Å². The molecule has 0 aromatic heterocycles. The maximum Gasteiger partial charge on any atom is 0.0468 e. The molecular formula is C10H18ClNO. The fourth-order valence-electron chi connectivity index (χ4n) is 3.69. The van der Waals surface area contributed by atoms with Crippen molar-refractivity contribution in [3.63, 3.8) is 0 Å². The summed E-state index contributed by atoms with van der Waals surface area (Å²) in [6.07, 6.45) is 6.51. The van der Waals surface area contributed by atoms with E-state index in [2.05, 4.69) is 0 Å². The van der Waals surface area contributed by atoms with Gasteiger partial charge in [-0.2, -0.15) is 0 Å². The van der Waals surface area contributed by atoms with Crippen molar-refractivity contribution in [2.45, 2.75) is 37.6 Å². The van der Waals surface area contributed by atoms with Gasteiger partial charge in [0.25, 0.3) is 0 Å². The van der Waals surface area contributed by atoms with Crippen molar-refractivity contribution >= 4 is 12.4 Å². The molecule has 2 nitrogen and oxygen atoms in total. The smallest absolute Gasteiger partial charge is 0.0468 e. The van der Waals surface area contributed by atoms with Gasteiger partial charge in [0.2, 0.25) is 0 Å². The fraction of sp³-hybridized carbons (Fsp3) is 1.00. The van der Waals surface area contributed by atoms with Crippen molar-refractivity contribution in [3.8, 4) is 0 Å². The van der Waals surface area contributed by atoms with E-state index in [1.807, 2.05) is 0 Å². The highest BCUT2D eigenvalue weighted by atomic mass is 35.5. The Morgan fingerprint density at radius 1 is 1.08 bits per heavy atom. The van der Waals surface area contributed by atoms with Gasteiger partial charge in [-0.05, 0) is 43.4 Å². The molecule has 0 aromatic rings. The molecule has 0 aromatic carbocycles. The summed E-state index contributed by atoms with van der Waals surface area (Å²) in [6, 6.07) is 0. The molecule has 3 heteroatoms. The third-order valence-corrected chi connectivity index (χ3v) is 4.20. The third kappa shape index (κ3) is 1.23. The molecule has 0 atom stereocenters. The number of halogens is 1. The molecule has 1 saturated heterocycles. The van der Waals surface area contributed by atoms with Crippen LogP contribution >= 0.6 is 12.4 Å². The monoisotopic (exact) mass is 203 g/mol. The molecule has 0 unspecified atom stereocenters. The molecule has 13 heavy (non-hydrogen) atoms. The van der Waals surface area contributed by atoms with E-state index < -0.39 is 0 Å². The molecule has 2 N–H and O–H groups in total. The molecule has 4 rings (SSSR count). The number of nitrogens with two attached hydrogens (primary N) is 1. The van der Waals surface area contributed by atoms with Gasteiger partial charge in [0, 0.05) is 18.8 Å². The van der Waals surface area contributed by atoms with Crippen LogP contribution in [0, 0.1) is 11.3 Å². The molecule has 4 fully saturated rings. The summed E-state index contributed by atoms with van der Waals surface area (Å²) in [5.74, 6) is 0.941. The summed E-state index contributed by atoms with van der Waals surface area (Å²) in [5.41, 5.74) is 7.03. The number of hydrogen-bond acceptors (Lipinski definition) is 2. The Kier molecular flexibility index (Phi) is 2.14. The van der Waals surface area contributed by atoms with Crippen LogP contribution in [0.25, 0.3) is 0 Å². The van der Waals surface area contributed by atoms with Crippen LogP contribution in [-0.2, 0) is 4.74 Å². The predicted octanol–water partition coefficient (Wildman–Crippen LogP) is 1.72. The average molecular weight is 204 g/mol. The van der Waals surface area contributed by atoms with Crippen molar-refractivity contribution in [2.75, 3.05) is 13.2 Å². The standard InChI is InChI=1S/C10H17NO.ClH/c11-10-5-9(6-10,7-10)8-1-3-12-4-2-8;/h8H,1-7,11H2;1H. The van der Waals surface area contributed by atoms with Crippen molar-refractivity contribution < 1.29 is 4.74 Å². The van der Waals surface area contributed by atoms with Crippen molar-refractivity contribution in [1.82, 2.24) is 0 Å². The van der Waals surface area contributed by atoms with E-state index in [4.69, 9.17) is 10.5 Å². The molecule has 4 aliphatic rings. The maximum atomic E-state index is 6.05. The molecule has 1 aliphatic heterocycles. The van der Waals surface area contributed by atoms with Crippen LogP contribution in [-0.4, -0.2) is 18.8 Å². The van der Waals surface area contributed by atoms with Crippen molar-refractivity contribution in [2.24, 2.45) is 17.1 Å². The zero-order valence-corrected chi connectivity index (χ0v) is 8.74. The van der Waals surface area contributed by atoms with Crippen molar-refractivity contribution in [3.05, 3.63) is 0 Å². The van der Waals surface area contributed by atoms with Crippen LogP contribution in [0.5, 0.6) is 0 Å². The van der Waals surface area contributed by atoms with Gasteiger partial charge >= 0.3 is 0 Å². The van der Waals surface area contributed by atoms with E-state index in [1.54, 1.807) is 0 Å². The lowest BCUT2D eigenvalue weighted by molar-refractivity contribution is -0.188. The Hall–Kier alpha value is 0.210. The molecule has 0 amide bonds. The van der Waals surface area contributed by atoms with Gasteiger partial charge in [0.05, 0.1) is 0 Å². The summed E-state index contributed by atoms with van der Waals surface area (Å²) >= 11 is 0. The van der Waals surface area contributed by atoms with E-state index in [0.717, 1.165) is 19.1 Å². The highest BCUT2D eigenvalue weighted by Gasteiger charge is 2.68. The Morgan fingerprint density at radius 3 is 2.08 bits per heavy atom. The quantitative estimate of drug-likeness (QED) is 0.705. The number of hydrogen-bond donors (Lipinski definition) is 1. The first-order chi connectivity index (χ1) is 5.73. The van der Waals surface area contributed by atoms with Gasteiger partial charge < -0.3 is 10.5 Å². The molecule has 3 aliphatic carbocycles. The molecule has 0 spiro atoms. The summed E-state index contributed by atoms with van der Waals surface area (Å²) in [7, 11) is 0. The SMILES string of the molecule is Cl.NC12CC(C3CCOCC3)(C1)C2.